The van der Waals surface area contributed by atoms with Crippen molar-refractivity contribution in [1.82, 2.24) is 9.88 Å². The van der Waals surface area contributed by atoms with Gasteiger partial charge < -0.3 is 15.0 Å². The van der Waals surface area contributed by atoms with Crippen LogP contribution in [0.3, 0.4) is 0 Å². The van der Waals surface area contributed by atoms with Gasteiger partial charge in [-0.25, -0.2) is 4.98 Å². The first-order valence-corrected chi connectivity index (χ1v) is 7.36. The Balaban J connectivity index is 1.85. The molecule has 0 aromatic carbocycles. The van der Waals surface area contributed by atoms with Crippen molar-refractivity contribution in [3.05, 3.63) is 23.9 Å². The molecule has 2 aliphatic rings. The first kappa shape index (κ1) is 13.4. The average Bonchev–Trinajstić information content (AvgIpc) is 2.53. The van der Waals surface area contributed by atoms with Gasteiger partial charge in [0, 0.05) is 19.8 Å². The lowest BCUT2D eigenvalue weighted by Gasteiger charge is -2.43. The molecule has 20 heavy (non-hydrogen) atoms. The van der Waals surface area contributed by atoms with E-state index in [1.54, 1.807) is 13.2 Å². The van der Waals surface area contributed by atoms with Crippen molar-refractivity contribution in [2.75, 3.05) is 25.5 Å². The SMILES string of the molecule is CNc1ncccc1C(=O)N1CCOC2CCCCC21. The number of carbonyl (C=O) groups excluding carboxylic acids is 1. The van der Waals surface area contributed by atoms with Crippen LogP contribution >= 0.6 is 0 Å². The summed E-state index contributed by atoms with van der Waals surface area (Å²) in [6, 6.07) is 3.89. The Bertz CT molecular complexity index is 490. The summed E-state index contributed by atoms with van der Waals surface area (Å²) in [6.07, 6.45) is 6.42. The Morgan fingerprint density at radius 3 is 3.15 bits per heavy atom. The highest BCUT2D eigenvalue weighted by molar-refractivity contribution is 5.99. The van der Waals surface area contributed by atoms with Gasteiger partial charge in [0.1, 0.15) is 5.82 Å². The third kappa shape index (κ3) is 2.38. The van der Waals surface area contributed by atoms with Gasteiger partial charge in [-0.3, -0.25) is 4.79 Å². The molecule has 5 heteroatoms. The third-order valence-corrected chi connectivity index (χ3v) is 4.27. The van der Waals surface area contributed by atoms with Crippen LogP contribution in [-0.2, 0) is 4.74 Å². The zero-order chi connectivity index (χ0) is 13.9. The number of pyridine rings is 1. The van der Waals surface area contributed by atoms with Gasteiger partial charge in [0.05, 0.1) is 24.3 Å². The van der Waals surface area contributed by atoms with Crippen molar-refractivity contribution < 1.29 is 9.53 Å². The van der Waals surface area contributed by atoms with E-state index in [9.17, 15) is 4.79 Å². The standard InChI is InChI=1S/C15H21N3O2/c1-16-14-11(5-4-8-17-14)15(19)18-9-10-20-13-7-3-2-6-12(13)18/h4-5,8,12-13H,2-3,6-7,9-10H2,1H3,(H,16,17). The number of anilines is 1. The summed E-state index contributed by atoms with van der Waals surface area (Å²) in [5.74, 6) is 0.721. The minimum absolute atomic E-state index is 0.0719. The molecule has 108 valence electrons. The lowest BCUT2D eigenvalue weighted by molar-refractivity contribution is -0.0752. The Kier molecular flexibility index (Phi) is 3.87. The summed E-state index contributed by atoms with van der Waals surface area (Å²) in [4.78, 5) is 19.0. The molecule has 0 spiro atoms. The lowest BCUT2D eigenvalue weighted by Crippen LogP contribution is -2.54. The number of hydrogen-bond donors (Lipinski definition) is 1. The van der Waals surface area contributed by atoms with Crippen LogP contribution in [0.25, 0.3) is 0 Å². The third-order valence-electron chi connectivity index (χ3n) is 4.27. The Morgan fingerprint density at radius 1 is 1.45 bits per heavy atom. The van der Waals surface area contributed by atoms with Crippen molar-refractivity contribution in [3.8, 4) is 0 Å². The average molecular weight is 275 g/mol. The van der Waals surface area contributed by atoms with E-state index in [4.69, 9.17) is 4.74 Å². The number of nitrogens with one attached hydrogen (secondary N) is 1. The fourth-order valence-corrected chi connectivity index (χ4v) is 3.28. The van der Waals surface area contributed by atoms with Crippen LogP contribution in [-0.4, -0.2) is 48.1 Å². The van der Waals surface area contributed by atoms with Gasteiger partial charge in [0.25, 0.3) is 5.91 Å². The molecule has 0 bridgehead atoms. The highest BCUT2D eigenvalue weighted by atomic mass is 16.5. The number of carbonyl (C=O) groups is 1. The van der Waals surface area contributed by atoms with Crippen molar-refractivity contribution in [3.63, 3.8) is 0 Å². The van der Waals surface area contributed by atoms with Crippen LogP contribution in [0, 0.1) is 0 Å². The number of nitrogens with zero attached hydrogens (tertiary/aromatic N) is 2. The minimum Gasteiger partial charge on any atom is -0.374 e. The second kappa shape index (κ2) is 5.79. The first-order valence-electron chi connectivity index (χ1n) is 7.36. The molecule has 2 fully saturated rings. The number of rotatable bonds is 2. The summed E-state index contributed by atoms with van der Waals surface area (Å²) in [7, 11) is 1.79. The van der Waals surface area contributed by atoms with Crippen LogP contribution in [0.5, 0.6) is 0 Å². The molecule has 2 atom stereocenters. The maximum atomic E-state index is 12.8. The smallest absolute Gasteiger partial charge is 0.258 e. The summed E-state index contributed by atoms with van der Waals surface area (Å²) in [5.41, 5.74) is 0.654. The first-order chi connectivity index (χ1) is 9.81. The molecule has 2 heterocycles. The Labute approximate surface area is 119 Å². The molecule has 1 saturated carbocycles. The zero-order valence-electron chi connectivity index (χ0n) is 11.8. The molecule has 1 aliphatic heterocycles. The topological polar surface area (TPSA) is 54.5 Å². The highest BCUT2D eigenvalue weighted by Crippen LogP contribution is 2.30. The lowest BCUT2D eigenvalue weighted by atomic mass is 9.89. The monoisotopic (exact) mass is 275 g/mol. The van der Waals surface area contributed by atoms with Crippen LogP contribution < -0.4 is 5.32 Å². The number of hydrogen-bond acceptors (Lipinski definition) is 4. The number of aromatic nitrogens is 1. The van der Waals surface area contributed by atoms with E-state index in [-0.39, 0.29) is 18.1 Å². The fraction of sp³-hybridized carbons (Fsp3) is 0.600. The molecule has 1 aliphatic carbocycles. The summed E-state index contributed by atoms with van der Waals surface area (Å²) in [5, 5.41) is 3.00. The molecule has 3 rings (SSSR count). The van der Waals surface area contributed by atoms with Gasteiger partial charge in [-0.1, -0.05) is 12.8 Å². The number of fused-ring (bicyclic) bond motifs is 1. The van der Waals surface area contributed by atoms with Gasteiger partial charge in [0.2, 0.25) is 0 Å². The molecule has 1 amide bonds. The van der Waals surface area contributed by atoms with E-state index in [2.05, 4.69) is 10.3 Å². The molecule has 1 aromatic heterocycles. The molecule has 0 radical (unpaired) electrons. The maximum Gasteiger partial charge on any atom is 0.258 e. The van der Waals surface area contributed by atoms with E-state index in [1.807, 2.05) is 17.0 Å². The van der Waals surface area contributed by atoms with Gasteiger partial charge >= 0.3 is 0 Å². The molecular weight excluding hydrogens is 254 g/mol. The maximum absolute atomic E-state index is 12.8. The van der Waals surface area contributed by atoms with Crippen LogP contribution in [0.15, 0.2) is 18.3 Å². The molecule has 1 saturated heterocycles. The van der Waals surface area contributed by atoms with E-state index >= 15 is 0 Å². The number of ether oxygens (including phenoxy) is 1. The van der Waals surface area contributed by atoms with Crippen molar-refractivity contribution >= 4 is 11.7 Å². The molecule has 1 aromatic rings. The van der Waals surface area contributed by atoms with Gasteiger partial charge in [-0.2, -0.15) is 0 Å². The van der Waals surface area contributed by atoms with E-state index < -0.39 is 0 Å². The van der Waals surface area contributed by atoms with Crippen LogP contribution in [0.1, 0.15) is 36.0 Å². The highest BCUT2D eigenvalue weighted by Gasteiger charge is 2.37. The van der Waals surface area contributed by atoms with Crippen LogP contribution in [0.4, 0.5) is 5.82 Å². The molecular formula is C15H21N3O2. The normalized spacial score (nSPS) is 25.9. The van der Waals surface area contributed by atoms with Gasteiger partial charge in [-0.15, -0.1) is 0 Å². The van der Waals surface area contributed by atoms with E-state index in [0.717, 1.165) is 12.8 Å². The number of amides is 1. The van der Waals surface area contributed by atoms with Gasteiger partial charge in [-0.05, 0) is 25.0 Å². The quantitative estimate of drug-likeness (QED) is 0.895. The van der Waals surface area contributed by atoms with Crippen molar-refractivity contribution in [1.29, 1.82) is 0 Å². The minimum atomic E-state index is 0.0719. The second-order valence-electron chi connectivity index (χ2n) is 5.41. The number of morpholine rings is 1. The zero-order valence-corrected chi connectivity index (χ0v) is 11.8. The molecule has 1 N–H and O–H groups in total. The Morgan fingerprint density at radius 2 is 2.30 bits per heavy atom. The summed E-state index contributed by atoms with van der Waals surface area (Å²) < 4.78 is 5.83. The van der Waals surface area contributed by atoms with Crippen molar-refractivity contribution in [2.45, 2.75) is 37.8 Å². The molecule has 5 nitrogen and oxygen atoms in total. The van der Waals surface area contributed by atoms with E-state index in [1.165, 1.54) is 12.8 Å². The van der Waals surface area contributed by atoms with E-state index in [0.29, 0.717) is 24.5 Å². The summed E-state index contributed by atoms with van der Waals surface area (Å²) >= 11 is 0. The van der Waals surface area contributed by atoms with Crippen molar-refractivity contribution in [2.24, 2.45) is 0 Å². The fourth-order valence-electron chi connectivity index (χ4n) is 3.28. The summed E-state index contributed by atoms with van der Waals surface area (Å²) in [6.45, 7) is 1.32. The Hall–Kier alpha value is -1.62. The van der Waals surface area contributed by atoms with Crippen LogP contribution in [0.2, 0.25) is 0 Å². The largest absolute Gasteiger partial charge is 0.374 e. The second-order valence-corrected chi connectivity index (χ2v) is 5.41. The predicted octanol–water partition coefficient (Wildman–Crippen LogP) is 1.91. The van der Waals surface area contributed by atoms with Gasteiger partial charge in [0.15, 0.2) is 0 Å². The molecule has 2 unspecified atom stereocenters. The predicted molar refractivity (Wildman–Crippen MR) is 76.8 cm³/mol.